The van der Waals surface area contributed by atoms with Crippen molar-refractivity contribution in [2.45, 2.75) is 39.2 Å². The largest absolute Gasteiger partial charge is 0.379 e. The van der Waals surface area contributed by atoms with E-state index in [1.807, 2.05) is 13.0 Å². The Hall–Kier alpha value is -0.380. The Morgan fingerprint density at radius 1 is 1.12 bits per heavy atom. The Morgan fingerprint density at radius 3 is 2.50 bits per heavy atom. The van der Waals surface area contributed by atoms with Crippen LogP contribution in [0.1, 0.15) is 33.1 Å². The molecule has 0 N–H and O–H groups in total. The third kappa shape index (κ3) is 10.1. The summed E-state index contributed by atoms with van der Waals surface area (Å²) >= 11 is 0. The minimum absolute atomic E-state index is 0.232. The summed E-state index contributed by atoms with van der Waals surface area (Å²) in [5.74, 6) is 0. The molecule has 1 unspecified atom stereocenters. The van der Waals surface area contributed by atoms with Gasteiger partial charge in [-0.05, 0) is 13.3 Å². The summed E-state index contributed by atoms with van der Waals surface area (Å²) in [6, 6.07) is 0. The molecule has 0 radical (unpaired) electrons. The van der Waals surface area contributed by atoms with E-state index in [2.05, 4.69) is 13.0 Å². The lowest BCUT2D eigenvalue weighted by molar-refractivity contribution is 0.0638. The van der Waals surface area contributed by atoms with Crippen LogP contribution < -0.4 is 0 Å². The summed E-state index contributed by atoms with van der Waals surface area (Å²) in [7, 11) is 1.75. The summed E-state index contributed by atoms with van der Waals surface area (Å²) in [4.78, 5) is 0. The maximum Gasteiger partial charge on any atom is 0.0752 e. The molecule has 0 spiro atoms. The lowest BCUT2D eigenvalue weighted by Crippen LogP contribution is -2.07. The van der Waals surface area contributed by atoms with Gasteiger partial charge in [-0.25, -0.2) is 0 Å². The zero-order valence-electron chi connectivity index (χ0n) is 10.9. The summed E-state index contributed by atoms with van der Waals surface area (Å²) in [6.07, 6.45) is 7.83. The van der Waals surface area contributed by atoms with Crippen molar-refractivity contribution in [3.05, 3.63) is 12.2 Å². The topological polar surface area (TPSA) is 27.7 Å². The number of hydrogen-bond acceptors (Lipinski definition) is 3. The maximum absolute atomic E-state index is 5.37. The van der Waals surface area contributed by atoms with Gasteiger partial charge in [0.25, 0.3) is 0 Å². The summed E-state index contributed by atoms with van der Waals surface area (Å²) < 4.78 is 15.9. The lowest BCUT2D eigenvalue weighted by Gasteiger charge is -2.09. The van der Waals surface area contributed by atoms with Gasteiger partial charge in [-0.1, -0.05) is 31.9 Å². The molecule has 0 aliphatic carbocycles. The van der Waals surface area contributed by atoms with Crippen LogP contribution in [-0.4, -0.2) is 39.6 Å². The molecule has 0 saturated heterocycles. The number of rotatable bonds is 11. The first-order chi connectivity index (χ1) is 7.85. The first-order valence-corrected chi connectivity index (χ1v) is 6.20. The van der Waals surface area contributed by atoms with Crippen molar-refractivity contribution in [3.63, 3.8) is 0 Å². The Bertz CT molecular complexity index is 157. The zero-order valence-corrected chi connectivity index (χ0v) is 10.9. The van der Waals surface area contributed by atoms with Crippen LogP contribution in [0.5, 0.6) is 0 Å². The van der Waals surface area contributed by atoms with Crippen LogP contribution in [0.4, 0.5) is 0 Å². The van der Waals surface area contributed by atoms with Crippen molar-refractivity contribution in [2.75, 3.05) is 33.5 Å². The Balaban J connectivity index is 3.40. The molecule has 0 rings (SSSR count). The van der Waals surface area contributed by atoms with E-state index in [9.17, 15) is 0 Å². The molecule has 1 atom stereocenters. The highest BCUT2D eigenvalue weighted by Crippen LogP contribution is 2.05. The van der Waals surface area contributed by atoms with E-state index >= 15 is 0 Å². The zero-order chi connectivity index (χ0) is 12.1. The molecule has 0 aliphatic heterocycles. The monoisotopic (exact) mass is 230 g/mol. The second-order valence-electron chi connectivity index (χ2n) is 3.62. The van der Waals surface area contributed by atoms with E-state index < -0.39 is 0 Å². The van der Waals surface area contributed by atoms with Gasteiger partial charge in [-0.2, -0.15) is 0 Å². The molecular weight excluding hydrogens is 204 g/mol. The van der Waals surface area contributed by atoms with Crippen LogP contribution in [0.15, 0.2) is 12.2 Å². The predicted octanol–water partition coefficient (Wildman–Crippen LogP) is 2.80. The number of unbranched alkanes of at least 4 members (excludes halogenated alkanes) is 1. The number of methoxy groups -OCH3 is 1. The van der Waals surface area contributed by atoms with Gasteiger partial charge >= 0.3 is 0 Å². The highest BCUT2D eigenvalue weighted by Gasteiger charge is 2.00. The molecule has 3 nitrogen and oxygen atoms in total. The first kappa shape index (κ1) is 15.6. The molecule has 0 bridgehead atoms. The fourth-order valence-corrected chi connectivity index (χ4v) is 1.32. The van der Waals surface area contributed by atoms with E-state index in [-0.39, 0.29) is 6.10 Å². The Morgan fingerprint density at radius 2 is 1.88 bits per heavy atom. The van der Waals surface area contributed by atoms with Crippen LogP contribution in [0, 0.1) is 0 Å². The van der Waals surface area contributed by atoms with E-state index in [1.54, 1.807) is 7.11 Å². The van der Waals surface area contributed by atoms with Crippen molar-refractivity contribution in [1.29, 1.82) is 0 Å². The van der Waals surface area contributed by atoms with Gasteiger partial charge in [-0.3, -0.25) is 0 Å². The molecule has 0 amide bonds. The SMILES string of the molecule is CCCCC(/C=C/COCCOCC)OC. The molecule has 0 fully saturated rings. The van der Waals surface area contributed by atoms with Crippen molar-refractivity contribution in [3.8, 4) is 0 Å². The fraction of sp³-hybridized carbons (Fsp3) is 0.846. The highest BCUT2D eigenvalue weighted by molar-refractivity contribution is 4.89. The van der Waals surface area contributed by atoms with Crippen LogP contribution in [0.25, 0.3) is 0 Å². The number of hydrogen-bond donors (Lipinski definition) is 0. The number of ether oxygens (including phenoxy) is 3. The quantitative estimate of drug-likeness (QED) is 0.403. The maximum atomic E-state index is 5.37. The lowest BCUT2D eigenvalue weighted by atomic mass is 10.1. The molecular formula is C13H26O3. The van der Waals surface area contributed by atoms with Gasteiger partial charge in [0.05, 0.1) is 25.9 Å². The third-order valence-corrected chi connectivity index (χ3v) is 2.29. The third-order valence-electron chi connectivity index (χ3n) is 2.29. The second kappa shape index (κ2) is 12.7. The van der Waals surface area contributed by atoms with E-state index in [4.69, 9.17) is 14.2 Å². The average Bonchev–Trinajstić information content (AvgIpc) is 2.32. The van der Waals surface area contributed by atoms with Crippen molar-refractivity contribution in [1.82, 2.24) is 0 Å². The minimum Gasteiger partial charge on any atom is -0.379 e. The molecule has 16 heavy (non-hydrogen) atoms. The molecule has 0 aromatic carbocycles. The van der Waals surface area contributed by atoms with Crippen LogP contribution >= 0.6 is 0 Å². The molecule has 0 saturated carbocycles. The van der Waals surface area contributed by atoms with Crippen molar-refractivity contribution in [2.24, 2.45) is 0 Å². The summed E-state index contributed by atoms with van der Waals surface area (Å²) in [5, 5.41) is 0. The van der Waals surface area contributed by atoms with Gasteiger partial charge in [0, 0.05) is 13.7 Å². The second-order valence-corrected chi connectivity index (χ2v) is 3.62. The van der Waals surface area contributed by atoms with E-state index in [1.165, 1.54) is 12.8 Å². The molecule has 0 aromatic rings. The van der Waals surface area contributed by atoms with Crippen molar-refractivity contribution >= 4 is 0 Å². The van der Waals surface area contributed by atoms with Gasteiger partial charge in [0.15, 0.2) is 0 Å². The fourth-order valence-electron chi connectivity index (χ4n) is 1.32. The van der Waals surface area contributed by atoms with Crippen molar-refractivity contribution < 1.29 is 14.2 Å². The Labute approximate surface area is 99.8 Å². The van der Waals surface area contributed by atoms with Gasteiger partial charge in [0.2, 0.25) is 0 Å². The van der Waals surface area contributed by atoms with Crippen LogP contribution in [0.3, 0.4) is 0 Å². The first-order valence-electron chi connectivity index (χ1n) is 6.20. The minimum atomic E-state index is 0.232. The summed E-state index contributed by atoms with van der Waals surface area (Å²) in [5.41, 5.74) is 0. The van der Waals surface area contributed by atoms with Crippen LogP contribution in [0.2, 0.25) is 0 Å². The smallest absolute Gasteiger partial charge is 0.0752 e. The van der Waals surface area contributed by atoms with Gasteiger partial charge < -0.3 is 14.2 Å². The van der Waals surface area contributed by atoms with Gasteiger partial charge in [0.1, 0.15) is 0 Å². The van der Waals surface area contributed by atoms with Crippen LogP contribution in [-0.2, 0) is 14.2 Å². The summed E-state index contributed by atoms with van der Waals surface area (Å²) in [6.45, 7) is 6.89. The molecule has 0 heterocycles. The average molecular weight is 230 g/mol. The highest BCUT2D eigenvalue weighted by atomic mass is 16.5. The molecule has 96 valence electrons. The standard InChI is InChI=1S/C13H26O3/c1-4-6-8-13(14-3)9-7-10-16-12-11-15-5-2/h7,9,13H,4-6,8,10-12H2,1-3H3/b9-7+. The predicted molar refractivity (Wildman–Crippen MR) is 66.8 cm³/mol. The normalized spacial score (nSPS) is 13.4. The molecule has 0 aliphatic rings. The van der Waals surface area contributed by atoms with E-state index in [0.717, 1.165) is 13.0 Å². The Kier molecular flexibility index (Phi) is 12.4. The molecule has 3 heteroatoms. The molecule has 0 aromatic heterocycles. The van der Waals surface area contributed by atoms with E-state index in [0.29, 0.717) is 19.8 Å². The van der Waals surface area contributed by atoms with Gasteiger partial charge in [-0.15, -0.1) is 0 Å².